The SMILES string of the molecule is COc1c(F)cc(F)cc1-c1cc(CNC(=O)c2ccccc2OC(F)(F)F)nn1PI. The summed E-state index contributed by atoms with van der Waals surface area (Å²) >= 11 is 2.02. The van der Waals surface area contributed by atoms with Gasteiger partial charge in [0.05, 0.1) is 37.0 Å². The van der Waals surface area contributed by atoms with E-state index in [4.69, 9.17) is 4.74 Å². The molecule has 3 aromatic rings. The van der Waals surface area contributed by atoms with Gasteiger partial charge >= 0.3 is 6.36 Å². The minimum atomic E-state index is -4.95. The highest BCUT2D eigenvalue weighted by Crippen LogP contribution is 2.38. The van der Waals surface area contributed by atoms with Crippen LogP contribution in [0.15, 0.2) is 42.5 Å². The third kappa shape index (κ3) is 5.66. The van der Waals surface area contributed by atoms with E-state index in [2.05, 4.69) is 15.2 Å². The highest BCUT2D eigenvalue weighted by molar-refractivity contribution is 14.2. The number of alkyl halides is 3. The molecule has 6 nitrogen and oxygen atoms in total. The van der Waals surface area contributed by atoms with Crippen molar-refractivity contribution in [3.63, 3.8) is 0 Å². The maximum atomic E-state index is 14.1. The number of nitrogens with one attached hydrogen (secondary N) is 1. The van der Waals surface area contributed by atoms with Crippen LogP contribution < -0.4 is 14.8 Å². The quantitative estimate of drug-likeness (QED) is 0.228. The zero-order chi connectivity index (χ0) is 23.5. The summed E-state index contributed by atoms with van der Waals surface area (Å²) in [5.41, 5.74) is 0.480. The number of halogens is 6. The van der Waals surface area contributed by atoms with Gasteiger partial charge in [-0.05, 0) is 46.3 Å². The molecule has 3 rings (SSSR count). The van der Waals surface area contributed by atoms with Crippen molar-refractivity contribution in [2.24, 2.45) is 0 Å². The molecule has 0 bridgehead atoms. The second-order valence-electron chi connectivity index (χ2n) is 6.21. The molecular formula is C19H14F5IN3O3P. The number of nitrogens with zero attached hydrogens (tertiary/aromatic N) is 2. The van der Waals surface area contributed by atoms with Crippen molar-refractivity contribution < 1.29 is 36.2 Å². The predicted molar refractivity (Wildman–Crippen MR) is 116 cm³/mol. The number of hydrogen-bond acceptors (Lipinski definition) is 4. The van der Waals surface area contributed by atoms with Crippen molar-refractivity contribution in [1.29, 1.82) is 0 Å². The number of rotatable bonds is 7. The lowest BCUT2D eigenvalue weighted by molar-refractivity contribution is -0.274. The van der Waals surface area contributed by atoms with E-state index in [0.717, 1.165) is 12.1 Å². The summed E-state index contributed by atoms with van der Waals surface area (Å²) in [5.74, 6) is -3.32. The van der Waals surface area contributed by atoms with Crippen molar-refractivity contribution >= 4 is 34.3 Å². The van der Waals surface area contributed by atoms with Crippen LogP contribution in [0.25, 0.3) is 11.3 Å². The van der Waals surface area contributed by atoms with Gasteiger partial charge in [-0.2, -0.15) is 5.10 Å². The van der Waals surface area contributed by atoms with Crippen LogP contribution in [-0.2, 0) is 6.54 Å². The normalized spacial score (nSPS) is 11.7. The molecule has 0 spiro atoms. The summed E-state index contributed by atoms with van der Waals surface area (Å²) in [6.45, 7) is -0.152. The van der Waals surface area contributed by atoms with Crippen LogP contribution in [0.4, 0.5) is 22.0 Å². The number of ether oxygens (including phenoxy) is 2. The molecule has 0 saturated heterocycles. The van der Waals surface area contributed by atoms with Gasteiger partial charge in [0, 0.05) is 11.6 Å². The van der Waals surface area contributed by atoms with Crippen LogP contribution in [-0.4, -0.2) is 28.9 Å². The average molecular weight is 585 g/mol. The molecular weight excluding hydrogens is 571 g/mol. The zero-order valence-corrected chi connectivity index (χ0v) is 19.3. The second-order valence-corrected chi connectivity index (χ2v) is 8.25. The average Bonchev–Trinajstić information content (AvgIpc) is 3.14. The molecule has 1 N–H and O–H groups in total. The maximum Gasteiger partial charge on any atom is 0.573 e. The molecule has 1 heterocycles. The standard InChI is InChI=1S/C19H14F5IN3O3P/c1-30-17-13(6-10(20)7-14(17)21)15-8-11(27-28(15)32-25)9-26-18(29)12-4-2-3-5-16(12)31-19(22,23)24/h2-8,32H,9H2,1H3,(H,26,29). The molecule has 1 aromatic heterocycles. The Bertz CT molecular complexity index is 1140. The van der Waals surface area contributed by atoms with Crippen LogP contribution in [0, 0.1) is 11.6 Å². The van der Waals surface area contributed by atoms with Crippen LogP contribution in [0.1, 0.15) is 16.1 Å². The number of benzene rings is 2. The van der Waals surface area contributed by atoms with Crippen molar-refractivity contribution in [2.75, 3.05) is 7.11 Å². The molecule has 0 aliphatic rings. The van der Waals surface area contributed by atoms with Gasteiger partial charge in [0.15, 0.2) is 11.6 Å². The largest absolute Gasteiger partial charge is 0.573 e. The van der Waals surface area contributed by atoms with E-state index in [-0.39, 0.29) is 29.8 Å². The first-order valence-corrected chi connectivity index (χ1v) is 12.8. The summed E-state index contributed by atoms with van der Waals surface area (Å²) in [6.07, 6.45) is -4.91. The van der Waals surface area contributed by atoms with Crippen molar-refractivity contribution in [3.05, 3.63) is 65.4 Å². The van der Waals surface area contributed by atoms with Crippen molar-refractivity contribution in [2.45, 2.75) is 12.9 Å². The molecule has 32 heavy (non-hydrogen) atoms. The molecule has 0 aliphatic heterocycles. The minimum absolute atomic E-state index is 0.0472. The van der Waals surface area contributed by atoms with E-state index in [9.17, 15) is 26.7 Å². The van der Waals surface area contributed by atoms with Crippen molar-refractivity contribution in [3.8, 4) is 22.8 Å². The van der Waals surface area contributed by atoms with E-state index in [1.807, 2.05) is 22.0 Å². The van der Waals surface area contributed by atoms with E-state index in [1.54, 1.807) is 0 Å². The highest BCUT2D eigenvalue weighted by Gasteiger charge is 2.32. The Morgan fingerprint density at radius 3 is 2.59 bits per heavy atom. The Hall–Kier alpha value is -2.47. The first-order valence-electron chi connectivity index (χ1n) is 8.75. The smallest absolute Gasteiger partial charge is 0.493 e. The fourth-order valence-corrected chi connectivity index (χ4v) is 4.41. The summed E-state index contributed by atoms with van der Waals surface area (Å²) in [6, 6.07) is 8.20. The van der Waals surface area contributed by atoms with Crippen LogP contribution in [0.2, 0.25) is 0 Å². The van der Waals surface area contributed by atoms with E-state index in [1.165, 1.54) is 35.8 Å². The van der Waals surface area contributed by atoms with Gasteiger partial charge in [-0.1, -0.05) is 12.1 Å². The molecule has 1 atom stereocenters. The fourth-order valence-electron chi connectivity index (χ4n) is 2.86. The fraction of sp³-hybridized carbons (Fsp3) is 0.158. The first-order chi connectivity index (χ1) is 15.1. The Morgan fingerprint density at radius 1 is 1.22 bits per heavy atom. The molecule has 170 valence electrons. The van der Waals surface area contributed by atoms with Gasteiger partial charge in [0.1, 0.15) is 11.6 Å². The van der Waals surface area contributed by atoms with E-state index >= 15 is 0 Å². The van der Waals surface area contributed by atoms with Crippen LogP contribution >= 0.6 is 28.4 Å². The summed E-state index contributed by atoms with van der Waals surface area (Å²) in [4.78, 5) is 12.4. The summed E-state index contributed by atoms with van der Waals surface area (Å²) in [5, 5.41) is 6.75. The number of amides is 1. The Morgan fingerprint density at radius 2 is 1.94 bits per heavy atom. The van der Waals surface area contributed by atoms with Gasteiger partial charge < -0.3 is 14.8 Å². The molecule has 13 heteroatoms. The lowest BCUT2D eigenvalue weighted by Gasteiger charge is -2.12. The van der Waals surface area contributed by atoms with E-state index in [0.29, 0.717) is 17.5 Å². The maximum absolute atomic E-state index is 14.1. The number of hydrogen-bond donors (Lipinski definition) is 1. The number of aromatic nitrogens is 2. The number of carbonyl (C=O) groups excluding carboxylic acids is 1. The van der Waals surface area contributed by atoms with Gasteiger partial charge in [0.25, 0.3) is 5.91 Å². The first kappa shape index (κ1) is 24.2. The minimum Gasteiger partial charge on any atom is -0.493 e. The monoisotopic (exact) mass is 585 g/mol. The van der Waals surface area contributed by atoms with Crippen LogP contribution in [0.3, 0.4) is 0 Å². The lowest BCUT2D eigenvalue weighted by Crippen LogP contribution is -2.25. The van der Waals surface area contributed by atoms with Gasteiger partial charge in [-0.25, -0.2) is 13.2 Å². The molecule has 0 aliphatic carbocycles. The van der Waals surface area contributed by atoms with Gasteiger partial charge in [-0.15, -0.1) is 13.2 Å². The van der Waals surface area contributed by atoms with Gasteiger partial charge in [0.2, 0.25) is 0 Å². The molecule has 0 saturated carbocycles. The topological polar surface area (TPSA) is 65.4 Å². The molecule has 0 radical (unpaired) electrons. The summed E-state index contributed by atoms with van der Waals surface area (Å²) in [7, 11) is 1.24. The summed E-state index contributed by atoms with van der Waals surface area (Å²) < 4.78 is 76.0. The lowest BCUT2D eigenvalue weighted by atomic mass is 10.1. The molecule has 0 fully saturated rings. The predicted octanol–water partition coefficient (Wildman–Crippen LogP) is 5.46. The Labute approximate surface area is 193 Å². The molecule has 1 amide bonds. The number of carbonyl (C=O) groups is 1. The highest BCUT2D eigenvalue weighted by atomic mass is 127. The Kier molecular flexibility index (Phi) is 7.55. The number of para-hydroxylation sites is 1. The third-order valence-corrected chi connectivity index (χ3v) is 5.99. The number of methoxy groups -OCH3 is 1. The Balaban J connectivity index is 1.85. The molecule has 1 unspecified atom stereocenters. The third-order valence-electron chi connectivity index (χ3n) is 4.12. The van der Waals surface area contributed by atoms with Gasteiger partial charge in [-0.3, -0.25) is 4.79 Å². The molecule has 2 aromatic carbocycles. The van der Waals surface area contributed by atoms with Crippen molar-refractivity contribution in [1.82, 2.24) is 14.9 Å². The second kappa shape index (κ2) is 9.99. The van der Waals surface area contributed by atoms with Crippen LogP contribution in [0.5, 0.6) is 11.5 Å². The zero-order valence-electron chi connectivity index (χ0n) is 16.1. The van der Waals surface area contributed by atoms with E-state index < -0.39 is 29.7 Å².